The number of carbonyl (C=O) groups is 4. The van der Waals surface area contributed by atoms with E-state index in [-0.39, 0.29) is 49.0 Å². The first-order chi connectivity index (χ1) is 21.1. The lowest BCUT2D eigenvalue weighted by atomic mass is 10.0. The highest BCUT2D eigenvalue weighted by atomic mass is 79.9. The molecule has 2 N–H and O–H groups in total. The van der Waals surface area contributed by atoms with Gasteiger partial charge in [0.25, 0.3) is 11.8 Å². The molecule has 0 spiro atoms. The maximum Gasteiger partial charge on any atom is 0.258 e. The molecule has 1 aliphatic heterocycles. The summed E-state index contributed by atoms with van der Waals surface area (Å²) < 4.78 is 6.65. The van der Waals surface area contributed by atoms with Crippen molar-refractivity contribution in [2.24, 2.45) is 0 Å². The molecule has 0 unspecified atom stereocenters. The summed E-state index contributed by atoms with van der Waals surface area (Å²) >= 11 is 3.63. The monoisotopic (exact) mass is 692 g/mol. The maximum absolute atomic E-state index is 14.5. The Bertz CT molecular complexity index is 1760. The van der Waals surface area contributed by atoms with Crippen molar-refractivity contribution >= 4 is 74.0 Å². The topological polar surface area (TPSA) is 108 Å². The first-order valence-electron chi connectivity index (χ1n) is 14.2. The zero-order valence-corrected chi connectivity index (χ0v) is 27.7. The minimum atomic E-state index is -1.06. The predicted octanol–water partition coefficient (Wildman–Crippen LogP) is 5.52. The number of halogens is 2. The van der Waals surface area contributed by atoms with E-state index in [2.05, 4.69) is 26.6 Å². The molecule has 11 heteroatoms. The van der Waals surface area contributed by atoms with Gasteiger partial charge < -0.3 is 25.2 Å². The van der Waals surface area contributed by atoms with Crippen LogP contribution in [0.5, 0.6) is 5.75 Å². The van der Waals surface area contributed by atoms with Crippen LogP contribution in [0.1, 0.15) is 40.1 Å². The van der Waals surface area contributed by atoms with E-state index >= 15 is 0 Å². The maximum atomic E-state index is 14.5. The highest BCUT2D eigenvalue weighted by Crippen LogP contribution is 2.38. The lowest BCUT2D eigenvalue weighted by Gasteiger charge is -2.27. The van der Waals surface area contributed by atoms with Gasteiger partial charge in [0.2, 0.25) is 5.91 Å². The van der Waals surface area contributed by atoms with Crippen LogP contribution in [0.2, 0.25) is 0 Å². The number of fused-ring (bicyclic) bond motifs is 2. The van der Waals surface area contributed by atoms with Crippen LogP contribution in [0.15, 0.2) is 83.3 Å². The van der Waals surface area contributed by atoms with Gasteiger partial charge in [-0.05, 0) is 74.1 Å². The van der Waals surface area contributed by atoms with Crippen molar-refractivity contribution in [3.8, 4) is 5.75 Å². The third-order valence-corrected chi connectivity index (χ3v) is 8.62. The van der Waals surface area contributed by atoms with Crippen molar-refractivity contribution in [2.45, 2.75) is 32.5 Å². The fraction of sp³-hybridized carbons (Fsp3) is 0.235. The van der Waals surface area contributed by atoms with Crippen molar-refractivity contribution in [2.75, 3.05) is 30.5 Å². The van der Waals surface area contributed by atoms with Crippen molar-refractivity contribution in [1.82, 2.24) is 10.6 Å². The van der Waals surface area contributed by atoms with E-state index in [4.69, 9.17) is 4.74 Å². The summed E-state index contributed by atoms with van der Waals surface area (Å²) in [6.45, 7) is 3.18. The molecule has 234 valence electrons. The van der Waals surface area contributed by atoms with Gasteiger partial charge in [-0.1, -0.05) is 52.3 Å². The van der Waals surface area contributed by atoms with Gasteiger partial charge in [0.15, 0.2) is 5.78 Å². The number of ether oxygens (including phenoxy) is 1. The van der Waals surface area contributed by atoms with Gasteiger partial charge in [0.05, 0.1) is 37.6 Å². The highest BCUT2D eigenvalue weighted by Gasteiger charge is 2.38. The van der Waals surface area contributed by atoms with E-state index in [1.807, 2.05) is 36.4 Å². The number of amides is 3. The Morgan fingerprint density at radius 1 is 0.933 bits per heavy atom. The van der Waals surface area contributed by atoms with E-state index in [1.54, 1.807) is 68.4 Å². The average Bonchev–Trinajstić information content (AvgIpc) is 3.15. The number of nitrogens with zero attached hydrogens (tertiary/aromatic N) is 2. The Hall–Kier alpha value is -4.25. The van der Waals surface area contributed by atoms with Crippen LogP contribution in [0, 0.1) is 0 Å². The van der Waals surface area contributed by atoms with Gasteiger partial charge in [-0.2, -0.15) is 0 Å². The third kappa shape index (κ3) is 6.73. The van der Waals surface area contributed by atoms with Crippen LogP contribution in [-0.4, -0.2) is 56.3 Å². The Balaban J connectivity index is 0.00000461. The number of benzene rings is 4. The minimum Gasteiger partial charge on any atom is -0.496 e. The minimum absolute atomic E-state index is 0. The second-order valence-corrected chi connectivity index (χ2v) is 11.5. The van der Waals surface area contributed by atoms with Gasteiger partial charge >= 0.3 is 0 Å². The molecule has 3 amide bonds. The summed E-state index contributed by atoms with van der Waals surface area (Å²) in [4.78, 5) is 56.6. The quantitative estimate of drug-likeness (QED) is 0.236. The van der Waals surface area contributed by atoms with Crippen LogP contribution in [0.4, 0.5) is 11.4 Å². The van der Waals surface area contributed by atoms with Gasteiger partial charge in [0.1, 0.15) is 11.8 Å². The summed E-state index contributed by atoms with van der Waals surface area (Å²) in [6, 6.07) is 21.6. The fourth-order valence-corrected chi connectivity index (χ4v) is 5.85. The Morgan fingerprint density at radius 3 is 2.24 bits per heavy atom. The van der Waals surface area contributed by atoms with Gasteiger partial charge in [-0.25, -0.2) is 0 Å². The second kappa shape index (κ2) is 14.2. The van der Waals surface area contributed by atoms with Crippen LogP contribution in [0.3, 0.4) is 0 Å². The molecule has 0 aliphatic carbocycles. The lowest BCUT2D eigenvalue weighted by molar-refractivity contribution is -0.128. The number of methoxy groups -OCH3 is 1. The molecule has 0 saturated carbocycles. The normalized spacial score (nSPS) is 15.0. The molecule has 2 atom stereocenters. The molecule has 4 aromatic rings. The summed E-state index contributed by atoms with van der Waals surface area (Å²) in [7, 11) is 3.24. The zero-order chi connectivity index (χ0) is 31.5. The van der Waals surface area contributed by atoms with E-state index < -0.39 is 12.1 Å². The average molecular weight is 694 g/mol. The lowest BCUT2D eigenvalue weighted by Crippen LogP contribution is -2.55. The Kier molecular flexibility index (Phi) is 10.6. The first-order valence-corrected chi connectivity index (χ1v) is 15.0. The number of para-hydroxylation sites is 2. The number of hydrogen-bond donors (Lipinski definition) is 2. The van der Waals surface area contributed by atoms with Crippen molar-refractivity contribution in [3.63, 3.8) is 0 Å². The molecule has 4 aromatic carbocycles. The van der Waals surface area contributed by atoms with Crippen LogP contribution < -0.4 is 25.2 Å². The Labute approximate surface area is 276 Å². The molecule has 1 heterocycles. The van der Waals surface area contributed by atoms with Crippen molar-refractivity contribution < 1.29 is 23.9 Å². The van der Waals surface area contributed by atoms with Crippen molar-refractivity contribution in [3.05, 3.63) is 100 Å². The van der Waals surface area contributed by atoms with Crippen LogP contribution in [0.25, 0.3) is 10.8 Å². The van der Waals surface area contributed by atoms with E-state index in [0.29, 0.717) is 28.3 Å². The van der Waals surface area contributed by atoms with Gasteiger partial charge in [-0.3, -0.25) is 19.2 Å². The largest absolute Gasteiger partial charge is 0.496 e. The SMILES string of the molecule is CN[C@@H](C)C(=O)N[C@H]1CN(C(=O)c2ccc(C(C)=O)cc2)c2ccccc2N(Cc2c(OC)ccc3c(Br)cccc23)C1=O.Cl. The van der Waals surface area contributed by atoms with Gasteiger partial charge in [-0.15, -0.1) is 12.4 Å². The number of hydrogen-bond acceptors (Lipinski definition) is 6. The number of nitrogens with one attached hydrogen (secondary N) is 2. The molecule has 0 radical (unpaired) electrons. The molecule has 1 aliphatic rings. The summed E-state index contributed by atoms with van der Waals surface area (Å²) in [5, 5.41) is 7.63. The highest BCUT2D eigenvalue weighted by molar-refractivity contribution is 9.10. The van der Waals surface area contributed by atoms with E-state index in [9.17, 15) is 19.2 Å². The standard InChI is InChI=1S/C34H33BrN4O5.ClH/c1-20(36-3)32(41)37-28-19-39(33(42)23-14-12-22(13-15-23)21(2)40)30-11-6-5-10-29(30)38(34(28)43)18-26-24-8-7-9-27(35)25(24)16-17-31(26)44-4;/h5-17,20,28,36H,18-19H2,1-4H3,(H,37,41);1H/t20-,28-;/m0./s1. The Morgan fingerprint density at radius 2 is 1.60 bits per heavy atom. The summed E-state index contributed by atoms with van der Waals surface area (Å²) in [6.07, 6.45) is 0. The number of carbonyl (C=O) groups excluding carboxylic acids is 4. The molecule has 45 heavy (non-hydrogen) atoms. The summed E-state index contributed by atoms with van der Waals surface area (Å²) in [5.74, 6) is -0.613. The zero-order valence-electron chi connectivity index (χ0n) is 25.3. The number of ketones is 1. The molecule has 9 nitrogen and oxygen atoms in total. The van der Waals surface area contributed by atoms with Crippen LogP contribution in [-0.2, 0) is 16.1 Å². The number of rotatable bonds is 8. The second-order valence-electron chi connectivity index (χ2n) is 10.6. The molecular weight excluding hydrogens is 660 g/mol. The van der Waals surface area contributed by atoms with Crippen molar-refractivity contribution in [1.29, 1.82) is 0 Å². The summed E-state index contributed by atoms with van der Waals surface area (Å²) in [5.41, 5.74) is 2.64. The molecular formula is C34H34BrClN4O5. The molecule has 0 aromatic heterocycles. The molecule has 0 saturated heterocycles. The first kappa shape index (κ1) is 33.6. The van der Waals surface area contributed by atoms with Crippen LogP contribution >= 0.6 is 28.3 Å². The smallest absolute Gasteiger partial charge is 0.258 e. The fourth-order valence-electron chi connectivity index (χ4n) is 5.35. The van der Waals surface area contributed by atoms with E-state index in [1.165, 1.54) is 11.8 Å². The molecule has 5 rings (SSSR count). The number of likely N-dealkylation sites (N-methyl/N-ethyl adjacent to an activating group) is 1. The molecule has 0 fully saturated rings. The van der Waals surface area contributed by atoms with Gasteiger partial charge in [0, 0.05) is 21.2 Å². The van der Waals surface area contributed by atoms with E-state index in [0.717, 1.165) is 20.8 Å². The molecule has 0 bridgehead atoms. The predicted molar refractivity (Wildman–Crippen MR) is 182 cm³/mol. The third-order valence-electron chi connectivity index (χ3n) is 7.93. The number of anilines is 2. The number of Topliss-reactive ketones (excluding diaryl/α,β-unsaturated/α-hetero) is 1.